The third-order valence-corrected chi connectivity index (χ3v) is 4.30. The quantitative estimate of drug-likeness (QED) is 0.386. The average Bonchev–Trinajstić information content (AvgIpc) is 2.23. The third kappa shape index (κ3) is 3.98. The summed E-state index contributed by atoms with van der Waals surface area (Å²) in [4.78, 5) is 11.2. The summed E-state index contributed by atoms with van der Waals surface area (Å²) in [6.45, 7) is 0. The van der Waals surface area contributed by atoms with Crippen LogP contribution >= 0.6 is 21.8 Å². The molecular weight excluding hydrogens is 344 g/mol. The minimum atomic E-state index is -10.3. The lowest BCUT2D eigenvalue weighted by atomic mass is 10.1. The molecule has 0 fully saturated rings. The molecule has 1 aromatic rings. The summed E-state index contributed by atoms with van der Waals surface area (Å²) in [5, 5.41) is 0. The van der Waals surface area contributed by atoms with E-state index in [1.807, 2.05) is 0 Å². The van der Waals surface area contributed by atoms with Crippen LogP contribution < -0.4 is 0 Å². The van der Waals surface area contributed by atoms with E-state index in [0.29, 0.717) is 24.3 Å². The second-order valence-corrected chi connectivity index (χ2v) is 7.01. The summed E-state index contributed by atoms with van der Waals surface area (Å²) in [5.41, 5.74) is -2.24. The molecule has 0 aliphatic carbocycles. The van der Waals surface area contributed by atoms with Crippen molar-refractivity contribution in [1.29, 1.82) is 0 Å². The Hall–Kier alpha value is -1.03. The van der Waals surface area contributed by atoms with Crippen LogP contribution in [-0.2, 0) is 6.18 Å². The fourth-order valence-electron chi connectivity index (χ4n) is 1.16. The highest BCUT2D eigenvalue weighted by Gasteiger charge is 2.72. The van der Waals surface area contributed by atoms with Crippen molar-refractivity contribution in [3.8, 4) is 0 Å². The maximum absolute atomic E-state index is 12.3. The van der Waals surface area contributed by atoms with Crippen LogP contribution in [0.3, 0.4) is 0 Å². The number of halogens is 9. The van der Waals surface area contributed by atoms with Gasteiger partial charge in [-0.1, -0.05) is 43.2 Å². The molecule has 1 nitrogen and oxygen atoms in total. The highest BCUT2D eigenvalue weighted by molar-refractivity contribution is 8.47. The molecule has 116 valence electrons. The van der Waals surface area contributed by atoms with E-state index >= 15 is 0 Å². The summed E-state index contributed by atoms with van der Waals surface area (Å²) in [7, 11) is -10.3. The van der Waals surface area contributed by atoms with Crippen LogP contribution in [0.25, 0.3) is 0 Å². The van der Waals surface area contributed by atoms with Gasteiger partial charge in [-0.15, -0.1) is 0 Å². The Bertz CT molecular complexity index is 531. The van der Waals surface area contributed by atoms with E-state index in [4.69, 9.17) is 0 Å². The first-order chi connectivity index (χ1) is 8.52. The maximum atomic E-state index is 12.3. The van der Waals surface area contributed by atoms with Crippen molar-refractivity contribution in [3.63, 3.8) is 0 Å². The van der Waals surface area contributed by atoms with E-state index in [0.717, 1.165) is 0 Å². The molecule has 0 N–H and O–H groups in total. The number of hydrogen-bond donors (Lipinski definition) is 0. The summed E-state index contributed by atoms with van der Waals surface area (Å²) in [5.74, 6) is -2.21. The molecule has 1 unspecified atom stereocenters. The smallest absolute Gasteiger partial charge is 0.291 e. The predicted molar refractivity (Wildman–Crippen MR) is 58.5 cm³/mol. The fourth-order valence-corrected chi connectivity index (χ4v) is 1.82. The monoisotopic (exact) mass is 348 g/mol. The Morgan fingerprint density at radius 1 is 1.00 bits per heavy atom. The molecule has 0 radical (unpaired) electrons. The van der Waals surface area contributed by atoms with Crippen LogP contribution in [0.5, 0.6) is 0 Å². The zero-order chi connectivity index (χ0) is 16.0. The second kappa shape index (κ2) is 4.00. The maximum Gasteiger partial charge on any atom is 0.416 e. The van der Waals surface area contributed by atoms with Crippen molar-refractivity contribution >= 4 is 27.6 Å². The first-order valence-corrected chi connectivity index (χ1v) is 7.06. The van der Waals surface area contributed by atoms with Crippen LogP contribution in [0.4, 0.5) is 32.6 Å². The number of ketones is 1. The van der Waals surface area contributed by atoms with Gasteiger partial charge in [-0.2, -0.15) is 13.2 Å². The summed E-state index contributed by atoms with van der Waals surface area (Å²) in [6.07, 6.45) is -4.78. The van der Waals surface area contributed by atoms with Gasteiger partial charge < -0.3 is 0 Å². The van der Waals surface area contributed by atoms with Crippen molar-refractivity contribution in [1.82, 2.24) is 0 Å². The van der Waals surface area contributed by atoms with E-state index in [9.17, 15) is 37.4 Å². The van der Waals surface area contributed by atoms with Gasteiger partial charge in [-0.05, 0) is 12.1 Å². The van der Waals surface area contributed by atoms with E-state index in [1.165, 1.54) is 0 Å². The highest BCUT2D eigenvalue weighted by Crippen LogP contribution is 3.01. The van der Waals surface area contributed by atoms with Crippen molar-refractivity contribution in [3.05, 3.63) is 35.4 Å². The number of rotatable bonds is 3. The van der Waals surface area contributed by atoms with Gasteiger partial charge in [0, 0.05) is 5.56 Å². The first kappa shape index (κ1) is 17.0. The zero-order valence-corrected chi connectivity index (χ0v) is 10.7. The lowest BCUT2D eigenvalue weighted by Crippen LogP contribution is -2.28. The van der Waals surface area contributed by atoms with Gasteiger partial charge in [0.25, 0.3) is 0 Å². The van der Waals surface area contributed by atoms with Gasteiger partial charge >= 0.3 is 16.4 Å². The summed E-state index contributed by atoms with van der Waals surface area (Å²) >= 11 is 4.46. The van der Waals surface area contributed by atoms with Crippen LogP contribution in [0.15, 0.2) is 24.3 Å². The third-order valence-electron chi connectivity index (χ3n) is 2.09. The molecule has 0 bridgehead atoms. The predicted octanol–water partition coefficient (Wildman–Crippen LogP) is 5.75. The van der Waals surface area contributed by atoms with Crippen LogP contribution in [0, 0.1) is 0 Å². The van der Waals surface area contributed by atoms with Crippen molar-refractivity contribution < 1.29 is 37.4 Å². The van der Waals surface area contributed by atoms with Crippen LogP contribution in [0.2, 0.25) is 0 Å². The number of carbonyl (C=O) groups excluding carboxylic acids is 1. The molecule has 20 heavy (non-hydrogen) atoms. The molecule has 1 rings (SSSR count). The van der Waals surface area contributed by atoms with E-state index in [2.05, 4.69) is 11.6 Å². The van der Waals surface area contributed by atoms with Crippen LogP contribution in [0.1, 0.15) is 15.9 Å². The van der Waals surface area contributed by atoms with Crippen molar-refractivity contribution in [2.45, 2.75) is 10.9 Å². The van der Waals surface area contributed by atoms with E-state index < -0.39 is 38.0 Å². The molecule has 1 aromatic carbocycles. The van der Waals surface area contributed by atoms with Gasteiger partial charge in [0.1, 0.15) is 0 Å². The van der Waals surface area contributed by atoms with Gasteiger partial charge in [-0.25, -0.2) is 0 Å². The number of alkyl halides is 4. The highest BCUT2D eigenvalue weighted by atomic mass is 35.5. The average molecular weight is 349 g/mol. The molecule has 0 aromatic heterocycles. The molecule has 11 heteroatoms. The molecule has 1 atom stereocenters. The van der Waals surface area contributed by atoms with Gasteiger partial charge in [0.15, 0.2) is 5.78 Å². The van der Waals surface area contributed by atoms with E-state index in [1.54, 1.807) is 0 Å². The minimum absolute atomic E-state index is 0.294. The molecule has 0 saturated carbocycles. The van der Waals surface area contributed by atoms with E-state index in [-0.39, 0.29) is 0 Å². The molecule has 0 aliphatic heterocycles. The molecule has 0 heterocycles. The first-order valence-electron chi connectivity index (χ1n) is 4.61. The molecule has 0 spiro atoms. The van der Waals surface area contributed by atoms with Gasteiger partial charge in [0.2, 0.25) is 4.71 Å². The Balaban J connectivity index is 3.13. The normalized spacial score (nSPS) is 18.1. The molecule has 0 aliphatic rings. The fraction of sp³-hybridized carbons (Fsp3) is 0.222. The molecular formula is C9H5ClF8OS. The number of Topliss-reactive ketones (excluding diaryl/α,β-unsaturated/α-hetero) is 1. The largest absolute Gasteiger partial charge is 0.416 e. The Kier molecular flexibility index (Phi) is 3.40. The molecule has 0 saturated heterocycles. The van der Waals surface area contributed by atoms with Gasteiger partial charge in [-0.3, -0.25) is 4.79 Å². The van der Waals surface area contributed by atoms with Crippen LogP contribution in [-0.4, -0.2) is 10.5 Å². The lowest BCUT2D eigenvalue weighted by molar-refractivity contribution is -0.137. The zero-order valence-electron chi connectivity index (χ0n) is 9.10. The molecule has 0 amide bonds. The lowest BCUT2D eigenvalue weighted by Gasteiger charge is -2.43. The Morgan fingerprint density at radius 2 is 1.40 bits per heavy atom. The van der Waals surface area contributed by atoms with Crippen molar-refractivity contribution in [2.75, 3.05) is 0 Å². The van der Waals surface area contributed by atoms with Crippen molar-refractivity contribution in [2.24, 2.45) is 0 Å². The second-order valence-electron chi connectivity index (χ2n) is 3.78. The number of hydrogen-bond acceptors (Lipinski definition) is 1. The van der Waals surface area contributed by atoms with Gasteiger partial charge in [0.05, 0.1) is 5.56 Å². The topological polar surface area (TPSA) is 17.1 Å². The SMILES string of the molecule is O=C(c1ccc(C(F)(F)F)cc1)C(Cl)S(F)(F)(F)(F)F. The Morgan fingerprint density at radius 3 is 1.70 bits per heavy atom. The number of benzene rings is 1. The standard InChI is InChI=1S/C9H5ClF8OS/c10-8(20(14,15,16,17)18)7(19)5-1-3-6(4-2-5)9(11,12)13/h1-4,8H. The minimum Gasteiger partial charge on any atom is -0.291 e. The summed E-state index contributed by atoms with van der Waals surface area (Å²) < 4.78 is 93.9. The Labute approximate surface area is 112 Å². The summed E-state index contributed by atoms with van der Waals surface area (Å²) in [6, 6.07) is 1.29. The number of carbonyl (C=O) groups is 1.